The minimum Gasteiger partial charge on any atom is -0.493 e. The van der Waals surface area contributed by atoms with E-state index in [1.54, 1.807) is 7.11 Å². The summed E-state index contributed by atoms with van der Waals surface area (Å²) in [5.41, 5.74) is 1.43. The zero-order valence-electron chi connectivity index (χ0n) is 20.5. The molecule has 4 bridgehead atoms. The first-order valence-electron chi connectivity index (χ1n) is 12.7. The van der Waals surface area contributed by atoms with Crippen LogP contribution in [0.5, 0.6) is 11.5 Å². The summed E-state index contributed by atoms with van der Waals surface area (Å²) in [5.74, 6) is 3.35. The van der Waals surface area contributed by atoms with E-state index in [1.807, 2.05) is 30.5 Å². The molecule has 4 fully saturated rings. The number of aromatic nitrogens is 1. The molecule has 4 aliphatic rings. The second-order valence-corrected chi connectivity index (χ2v) is 11.2. The van der Waals surface area contributed by atoms with Gasteiger partial charge in [0.15, 0.2) is 11.5 Å². The van der Waals surface area contributed by atoms with Gasteiger partial charge in [-0.05, 0) is 81.4 Å². The van der Waals surface area contributed by atoms with E-state index >= 15 is 0 Å². The van der Waals surface area contributed by atoms with Crippen molar-refractivity contribution in [3.8, 4) is 22.1 Å². The molecule has 0 aliphatic heterocycles. The Balaban J connectivity index is 1.08. The molecule has 0 radical (unpaired) electrons. The van der Waals surface area contributed by atoms with Gasteiger partial charge >= 0.3 is 5.97 Å². The highest BCUT2D eigenvalue weighted by Crippen LogP contribution is 2.60. The van der Waals surface area contributed by atoms with Crippen LogP contribution in [0.1, 0.15) is 57.6 Å². The molecule has 1 aromatic carbocycles. The summed E-state index contributed by atoms with van der Waals surface area (Å²) in [7, 11) is 1.61. The lowest BCUT2D eigenvalue weighted by Crippen LogP contribution is -2.53. The number of rotatable bonds is 10. The van der Waals surface area contributed by atoms with Crippen LogP contribution in [0.2, 0.25) is 0 Å². The molecule has 35 heavy (non-hydrogen) atoms. The molecule has 0 unspecified atom stereocenters. The summed E-state index contributed by atoms with van der Waals surface area (Å²) in [6.07, 6.45) is 7.19. The molecule has 0 atom stereocenters. The maximum Gasteiger partial charge on any atom is 0.307 e. The van der Waals surface area contributed by atoms with Crippen LogP contribution in [0.25, 0.3) is 10.6 Å². The van der Waals surface area contributed by atoms with Gasteiger partial charge in [0.2, 0.25) is 5.91 Å². The normalized spacial score (nSPS) is 26.4. The smallest absolute Gasteiger partial charge is 0.307 e. The van der Waals surface area contributed by atoms with Crippen molar-refractivity contribution >= 4 is 23.2 Å². The molecule has 1 aromatic heterocycles. The summed E-state index contributed by atoms with van der Waals surface area (Å²) in [6, 6.07) is 5.71. The van der Waals surface area contributed by atoms with Crippen molar-refractivity contribution in [2.75, 3.05) is 20.3 Å². The van der Waals surface area contributed by atoms with Crippen LogP contribution >= 0.6 is 11.3 Å². The minimum absolute atomic E-state index is 0.117. The van der Waals surface area contributed by atoms with Gasteiger partial charge in [0.1, 0.15) is 11.6 Å². The second kappa shape index (κ2) is 10.2. The number of carbonyl (C=O) groups is 2. The number of nitrogens with zero attached hydrogens (tertiary/aromatic N) is 1. The highest BCUT2D eigenvalue weighted by molar-refractivity contribution is 7.13. The Bertz CT molecular complexity index is 1050. The molecular weight excluding hydrogens is 464 g/mol. The molecule has 0 saturated heterocycles. The molecule has 4 saturated carbocycles. The maximum absolute atomic E-state index is 13.0. The Kier molecular flexibility index (Phi) is 7.00. The largest absolute Gasteiger partial charge is 0.493 e. The topological polar surface area (TPSA) is 86.8 Å². The molecule has 4 aliphatic carbocycles. The van der Waals surface area contributed by atoms with Gasteiger partial charge in [0, 0.05) is 22.9 Å². The maximum atomic E-state index is 13.0. The number of hydrogen-bond acceptors (Lipinski definition) is 7. The van der Waals surface area contributed by atoms with Crippen molar-refractivity contribution in [1.29, 1.82) is 0 Å². The molecule has 1 N–H and O–H groups in total. The molecule has 2 aromatic rings. The average Bonchev–Trinajstić information content (AvgIpc) is 3.31. The Morgan fingerprint density at radius 2 is 1.83 bits per heavy atom. The van der Waals surface area contributed by atoms with Gasteiger partial charge in [-0.1, -0.05) is 0 Å². The lowest BCUT2D eigenvalue weighted by molar-refractivity contribution is -0.147. The highest BCUT2D eigenvalue weighted by Gasteiger charge is 2.54. The third-order valence-corrected chi connectivity index (χ3v) is 8.72. The van der Waals surface area contributed by atoms with Gasteiger partial charge in [-0.2, -0.15) is 0 Å². The quantitative estimate of drug-likeness (QED) is 0.465. The van der Waals surface area contributed by atoms with Crippen LogP contribution < -0.4 is 14.8 Å². The van der Waals surface area contributed by atoms with Crippen LogP contribution in [0.3, 0.4) is 0 Å². The van der Waals surface area contributed by atoms with Crippen LogP contribution in [-0.2, 0) is 20.9 Å². The third-order valence-electron chi connectivity index (χ3n) is 7.78. The Labute approximate surface area is 210 Å². The fourth-order valence-corrected chi connectivity index (χ4v) is 7.46. The lowest BCUT2D eigenvalue weighted by Gasteiger charge is -2.55. The number of methoxy groups -OCH3 is 1. The predicted octanol–water partition coefficient (Wildman–Crippen LogP) is 4.98. The van der Waals surface area contributed by atoms with Crippen molar-refractivity contribution in [2.24, 2.45) is 23.2 Å². The van der Waals surface area contributed by atoms with Gasteiger partial charge in [-0.15, -0.1) is 11.3 Å². The number of benzene rings is 1. The zero-order valence-corrected chi connectivity index (χ0v) is 21.3. The number of ether oxygens (including phenoxy) is 3. The molecule has 0 spiro atoms. The summed E-state index contributed by atoms with van der Waals surface area (Å²) >= 11 is 1.49. The molecule has 8 heteroatoms. The summed E-state index contributed by atoms with van der Waals surface area (Å²) in [4.78, 5) is 29.9. The molecule has 1 amide bonds. The van der Waals surface area contributed by atoms with Gasteiger partial charge < -0.3 is 19.5 Å². The Morgan fingerprint density at radius 1 is 1.11 bits per heavy atom. The number of nitrogens with one attached hydrogen (secondary N) is 1. The highest BCUT2D eigenvalue weighted by atomic mass is 32.1. The zero-order chi connectivity index (χ0) is 24.4. The van der Waals surface area contributed by atoms with Crippen LogP contribution in [0, 0.1) is 23.2 Å². The van der Waals surface area contributed by atoms with Crippen LogP contribution in [0.15, 0.2) is 23.6 Å². The van der Waals surface area contributed by atoms with Gasteiger partial charge in [-0.3, -0.25) is 9.59 Å². The Morgan fingerprint density at radius 3 is 2.49 bits per heavy atom. The van der Waals surface area contributed by atoms with Crippen molar-refractivity contribution in [1.82, 2.24) is 10.3 Å². The lowest BCUT2D eigenvalue weighted by atomic mass is 9.49. The van der Waals surface area contributed by atoms with Crippen molar-refractivity contribution < 1.29 is 23.8 Å². The molecule has 6 rings (SSSR count). The third kappa shape index (κ3) is 5.17. The minimum atomic E-state index is -0.326. The fourth-order valence-electron chi connectivity index (χ4n) is 6.66. The van der Waals surface area contributed by atoms with Crippen LogP contribution in [0.4, 0.5) is 0 Å². The molecule has 7 nitrogen and oxygen atoms in total. The van der Waals surface area contributed by atoms with E-state index in [-0.39, 0.29) is 30.3 Å². The van der Waals surface area contributed by atoms with E-state index in [2.05, 4.69) is 10.3 Å². The van der Waals surface area contributed by atoms with Crippen LogP contribution in [-0.4, -0.2) is 37.1 Å². The summed E-state index contributed by atoms with van der Waals surface area (Å²) in [6.45, 7) is 2.94. The summed E-state index contributed by atoms with van der Waals surface area (Å²) in [5, 5.41) is 5.75. The van der Waals surface area contributed by atoms with Gasteiger partial charge in [0.25, 0.3) is 0 Å². The number of carbonyl (C=O) groups excluding carboxylic acids is 2. The number of esters is 1. The van der Waals surface area contributed by atoms with Crippen molar-refractivity contribution in [3.05, 3.63) is 29.3 Å². The monoisotopic (exact) mass is 498 g/mol. The van der Waals surface area contributed by atoms with Crippen molar-refractivity contribution in [3.63, 3.8) is 0 Å². The molecule has 188 valence electrons. The second-order valence-electron chi connectivity index (χ2n) is 10.3. The van der Waals surface area contributed by atoms with E-state index in [0.29, 0.717) is 30.3 Å². The van der Waals surface area contributed by atoms with E-state index in [1.165, 1.54) is 30.6 Å². The first kappa shape index (κ1) is 24.1. The van der Waals surface area contributed by atoms with E-state index in [4.69, 9.17) is 14.2 Å². The first-order chi connectivity index (χ1) is 17.0. The SMILES string of the molecule is CCOc1ccc(-c2nc(COC(=O)CCNC(=O)C34CC5CC(CC(C5)C3)C4)cs2)cc1OC. The number of amides is 1. The standard InChI is InChI=1S/C27H34N2O5S/c1-3-33-22-5-4-20(11-23(22)32-2)25-29-21(16-35-25)15-34-24(30)6-7-28-26(31)27-12-17-8-18(13-27)10-19(9-17)14-27/h4-5,11,16-19H,3,6-10,12-15H2,1-2H3,(H,28,31). The summed E-state index contributed by atoms with van der Waals surface area (Å²) < 4.78 is 16.4. The van der Waals surface area contributed by atoms with Crippen molar-refractivity contribution in [2.45, 2.75) is 58.5 Å². The van der Waals surface area contributed by atoms with E-state index in [9.17, 15) is 9.59 Å². The predicted molar refractivity (Wildman–Crippen MR) is 133 cm³/mol. The fraction of sp³-hybridized carbons (Fsp3) is 0.593. The number of thiazole rings is 1. The average molecular weight is 499 g/mol. The van der Waals surface area contributed by atoms with E-state index in [0.717, 1.165) is 47.6 Å². The molecular formula is C27H34N2O5S. The molecule has 1 heterocycles. The Hall–Kier alpha value is -2.61. The number of hydrogen-bond donors (Lipinski definition) is 1. The van der Waals surface area contributed by atoms with Gasteiger partial charge in [0.05, 0.1) is 25.8 Å². The first-order valence-corrected chi connectivity index (χ1v) is 13.6. The van der Waals surface area contributed by atoms with Gasteiger partial charge in [-0.25, -0.2) is 4.98 Å². The van der Waals surface area contributed by atoms with E-state index < -0.39 is 0 Å².